The number of hydrogen-bond acceptors (Lipinski definition) is 4. The molecule has 1 heterocycles. The van der Waals surface area contributed by atoms with Crippen molar-refractivity contribution < 1.29 is 13.5 Å². The largest absolute Gasteiger partial charge is 0.494 e. The van der Waals surface area contributed by atoms with Gasteiger partial charge in [0.1, 0.15) is 23.9 Å². The van der Waals surface area contributed by atoms with E-state index in [-0.39, 0.29) is 29.8 Å². The molecule has 2 aromatic rings. The molecule has 144 valence electrons. The number of hydrogen-bond donors (Lipinski definition) is 2. The lowest BCUT2D eigenvalue weighted by Gasteiger charge is -2.11. The monoisotopic (exact) mass is 476 g/mol. The Hall–Kier alpha value is -1.84. The lowest BCUT2D eigenvalue weighted by atomic mass is 10.3. The summed E-state index contributed by atoms with van der Waals surface area (Å²) in [4.78, 5) is 8.78. The van der Waals surface area contributed by atoms with Gasteiger partial charge in [-0.15, -0.1) is 24.0 Å². The highest BCUT2D eigenvalue weighted by Crippen LogP contribution is 2.11. The number of guanidine groups is 1. The van der Waals surface area contributed by atoms with Gasteiger partial charge in [0.15, 0.2) is 5.96 Å². The van der Waals surface area contributed by atoms with Gasteiger partial charge in [-0.2, -0.15) is 0 Å². The molecule has 0 aliphatic rings. The molecule has 0 spiro atoms. The van der Waals surface area contributed by atoms with E-state index < -0.39 is 0 Å². The second-order valence-corrected chi connectivity index (χ2v) is 5.53. The van der Waals surface area contributed by atoms with Gasteiger partial charge in [-0.1, -0.05) is 0 Å². The Labute approximate surface area is 170 Å². The first-order chi connectivity index (χ1) is 12.1. The SMILES string of the molecule is CCNC(=NCc1nc(C)c(C)o1)NCCCOc1ccc(F)cc1.I. The minimum atomic E-state index is -0.267. The maximum atomic E-state index is 12.8. The van der Waals surface area contributed by atoms with Crippen LogP contribution in [0.4, 0.5) is 4.39 Å². The van der Waals surface area contributed by atoms with Crippen molar-refractivity contribution in [2.45, 2.75) is 33.7 Å². The zero-order valence-electron chi connectivity index (χ0n) is 15.3. The highest BCUT2D eigenvalue weighted by molar-refractivity contribution is 14.0. The smallest absolute Gasteiger partial charge is 0.216 e. The predicted molar refractivity (Wildman–Crippen MR) is 111 cm³/mol. The van der Waals surface area contributed by atoms with Gasteiger partial charge >= 0.3 is 0 Å². The number of halogens is 2. The zero-order chi connectivity index (χ0) is 18.1. The maximum Gasteiger partial charge on any atom is 0.216 e. The van der Waals surface area contributed by atoms with E-state index in [4.69, 9.17) is 9.15 Å². The standard InChI is InChI=1S/C18H25FN4O2.HI/c1-4-20-18(22-12-17-23-13(2)14(3)25-17)21-10-5-11-24-16-8-6-15(19)7-9-16;/h6-9H,4-5,10-12H2,1-3H3,(H2,20,21,22);1H. The molecule has 0 saturated heterocycles. The molecule has 0 bridgehead atoms. The number of aromatic nitrogens is 1. The highest BCUT2D eigenvalue weighted by Gasteiger charge is 2.05. The van der Waals surface area contributed by atoms with E-state index in [0.717, 1.165) is 24.4 Å². The van der Waals surface area contributed by atoms with Crippen LogP contribution in [-0.4, -0.2) is 30.6 Å². The molecule has 2 rings (SSSR count). The molecule has 2 N–H and O–H groups in total. The molecule has 0 aliphatic carbocycles. The minimum absolute atomic E-state index is 0. The van der Waals surface area contributed by atoms with E-state index in [1.54, 1.807) is 12.1 Å². The van der Waals surface area contributed by atoms with Crippen LogP contribution in [0, 0.1) is 19.7 Å². The molecule has 1 aromatic heterocycles. The van der Waals surface area contributed by atoms with Gasteiger partial charge in [0.05, 0.1) is 12.3 Å². The van der Waals surface area contributed by atoms with Crippen LogP contribution in [0.1, 0.15) is 30.7 Å². The number of aliphatic imine (C=N–C) groups is 1. The summed E-state index contributed by atoms with van der Waals surface area (Å²) in [6.07, 6.45) is 0.791. The van der Waals surface area contributed by atoms with E-state index in [9.17, 15) is 4.39 Å². The number of benzene rings is 1. The van der Waals surface area contributed by atoms with Crippen molar-refractivity contribution in [2.75, 3.05) is 19.7 Å². The summed E-state index contributed by atoms with van der Waals surface area (Å²) in [5.41, 5.74) is 0.890. The van der Waals surface area contributed by atoms with E-state index in [2.05, 4.69) is 20.6 Å². The molecule has 8 heteroatoms. The summed E-state index contributed by atoms with van der Waals surface area (Å²) in [6, 6.07) is 6.01. The van der Waals surface area contributed by atoms with Gasteiger partial charge in [0, 0.05) is 13.1 Å². The van der Waals surface area contributed by atoms with E-state index >= 15 is 0 Å². The Kier molecular flexibility index (Phi) is 10.0. The molecule has 0 radical (unpaired) electrons. The third kappa shape index (κ3) is 7.59. The van der Waals surface area contributed by atoms with Crippen molar-refractivity contribution in [1.29, 1.82) is 0 Å². The van der Waals surface area contributed by atoms with Crippen LogP contribution < -0.4 is 15.4 Å². The van der Waals surface area contributed by atoms with Crippen molar-refractivity contribution in [3.05, 3.63) is 47.4 Å². The first kappa shape index (κ1) is 22.2. The Morgan fingerprint density at radius 2 is 1.96 bits per heavy atom. The van der Waals surface area contributed by atoms with Crippen LogP contribution in [0.5, 0.6) is 5.75 Å². The highest BCUT2D eigenvalue weighted by atomic mass is 127. The summed E-state index contributed by atoms with van der Waals surface area (Å²) in [5, 5.41) is 6.41. The number of aryl methyl sites for hydroxylation is 2. The minimum Gasteiger partial charge on any atom is -0.494 e. The molecule has 0 unspecified atom stereocenters. The Morgan fingerprint density at radius 1 is 1.23 bits per heavy atom. The molecular weight excluding hydrogens is 450 g/mol. The number of nitrogens with zero attached hydrogens (tertiary/aromatic N) is 2. The van der Waals surface area contributed by atoms with Crippen molar-refractivity contribution in [2.24, 2.45) is 4.99 Å². The first-order valence-corrected chi connectivity index (χ1v) is 8.42. The van der Waals surface area contributed by atoms with Gasteiger partial charge in [0.25, 0.3) is 0 Å². The van der Waals surface area contributed by atoms with E-state index in [1.165, 1.54) is 12.1 Å². The van der Waals surface area contributed by atoms with E-state index in [0.29, 0.717) is 37.3 Å². The molecule has 0 fully saturated rings. The number of rotatable bonds is 8. The van der Waals surface area contributed by atoms with Gasteiger partial charge in [-0.25, -0.2) is 14.4 Å². The lowest BCUT2D eigenvalue weighted by molar-refractivity contribution is 0.310. The molecule has 0 amide bonds. The van der Waals surface area contributed by atoms with Gasteiger partial charge < -0.3 is 19.8 Å². The molecular formula is C18H26FIN4O2. The normalized spacial score (nSPS) is 11.0. The average Bonchev–Trinajstić information content (AvgIpc) is 2.92. The summed E-state index contributed by atoms with van der Waals surface area (Å²) >= 11 is 0. The molecule has 0 atom stereocenters. The van der Waals surface area contributed by atoms with Crippen LogP contribution >= 0.6 is 24.0 Å². The topological polar surface area (TPSA) is 71.7 Å². The third-order valence-electron chi connectivity index (χ3n) is 3.49. The Balaban J connectivity index is 0.00000338. The third-order valence-corrected chi connectivity index (χ3v) is 3.49. The van der Waals surface area contributed by atoms with Gasteiger partial charge in [-0.3, -0.25) is 0 Å². The summed E-state index contributed by atoms with van der Waals surface area (Å²) in [6.45, 7) is 8.20. The van der Waals surface area contributed by atoms with Crippen LogP contribution in [0.2, 0.25) is 0 Å². The van der Waals surface area contributed by atoms with Crippen LogP contribution in [-0.2, 0) is 6.54 Å². The molecule has 1 aromatic carbocycles. The number of nitrogens with one attached hydrogen (secondary N) is 2. The van der Waals surface area contributed by atoms with Crippen LogP contribution in [0.15, 0.2) is 33.7 Å². The molecule has 26 heavy (non-hydrogen) atoms. The average molecular weight is 476 g/mol. The number of ether oxygens (including phenoxy) is 1. The van der Waals surface area contributed by atoms with Crippen molar-refractivity contribution in [1.82, 2.24) is 15.6 Å². The fraction of sp³-hybridized carbons (Fsp3) is 0.444. The Bertz CT molecular complexity index is 669. The molecule has 0 saturated carbocycles. The van der Waals surface area contributed by atoms with Crippen molar-refractivity contribution in [3.8, 4) is 5.75 Å². The zero-order valence-corrected chi connectivity index (χ0v) is 17.7. The molecule has 0 aliphatic heterocycles. The van der Waals surface area contributed by atoms with Gasteiger partial charge in [-0.05, 0) is 51.5 Å². The fourth-order valence-corrected chi connectivity index (χ4v) is 2.10. The van der Waals surface area contributed by atoms with Crippen LogP contribution in [0.25, 0.3) is 0 Å². The second-order valence-electron chi connectivity index (χ2n) is 5.53. The quantitative estimate of drug-likeness (QED) is 0.264. The number of oxazole rings is 1. The first-order valence-electron chi connectivity index (χ1n) is 8.42. The van der Waals surface area contributed by atoms with Crippen molar-refractivity contribution in [3.63, 3.8) is 0 Å². The predicted octanol–water partition coefficient (Wildman–Crippen LogP) is 3.57. The summed E-state index contributed by atoms with van der Waals surface area (Å²) < 4.78 is 23.9. The van der Waals surface area contributed by atoms with Crippen molar-refractivity contribution >= 4 is 29.9 Å². The molecule has 6 nitrogen and oxygen atoms in total. The maximum absolute atomic E-state index is 12.8. The lowest BCUT2D eigenvalue weighted by Crippen LogP contribution is -2.38. The summed E-state index contributed by atoms with van der Waals surface area (Å²) in [7, 11) is 0. The van der Waals surface area contributed by atoms with Gasteiger partial charge in [0.2, 0.25) is 5.89 Å². The Morgan fingerprint density at radius 3 is 2.58 bits per heavy atom. The fourth-order valence-electron chi connectivity index (χ4n) is 2.10. The van der Waals surface area contributed by atoms with Crippen LogP contribution in [0.3, 0.4) is 0 Å². The van der Waals surface area contributed by atoms with E-state index in [1.807, 2.05) is 20.8 Å². The summed E-state index contributed by atoms with van der Waals surface area (Å²) in [5.74, 6) is 2.53. The second kappa shape index (κ2) is 11.7.